The van der Waals surface area contributed by atoms with Gasteiger partial charge in [-0.15, -0.1) is 0 Å². The lowest BCUT2D eigenvalue weighted by Gasteiger charge is -2.28. The third-order valence-electron chi connectivity index (χ3n) is 5.44. The molecule has 1 saturated heterocycles. The fraction of sp³-hybridized carbons (Fsp3) is 0.292. The van der Waals surface area contributed by atoms with Crippen LogP contribution in [0.25, 0.3) is 16.0 Å². The van der Waals surface area contributed by atoms with Crippen LogP contribution < -0.4 is 9.64 Å². The maximum atomic E-state index is 14.7. The Labute approximate surface area is 200 Å². The summed E-state index contributed by atoms with van der Waals surface area (Å²) in [6.45, 7) is 10.8. The topological polar surface area (TPSA) is 115 Å². The minimum atomic E-state index is -1.57. The number of ether oxygens (including phenoxy) is 2. The molecule has 1 N–H and O–H groups in total. The smallest absolute Gasteiger partial charge is 0.233 e. The number of rotatable bonds is 7. The normalized spacial score (nSPS) is 14.3. The molecule has 1 aliphatic heterocycles. The lowest BCUT2D eigenvalue weighted by Crippen LogP contribution is -2.36. The van der Waals surface area contributed by atoms with E-state index in [1.165, 1.54) is 24.3 Å². The summed E-state index contributed by atoms with van der Waals surface area (Å²) < 4.78 is 26.2. The van der Waals surface area contributed by atoms with Gasteiger partial charge in [-0.05, 0) is 24.6 Å². The Kier molecular flexibility index (Phi) is 7.14. The van der Waals surface area contributed by atoms with Crippen LogP contribution in [0.2, 0.25) is 0 Å². The van der Waals surface area contributed by atoms with Gasteiger partial charge in [0.15, 0.2) is 5.69 Å². The Bertz CT molecular complexity index is 1290. The first-order chi connectivity index (χ1) is 16.8. The Balaban J connectivity index is 1.69. The number of halogens is 1. The second-order valence-electron chi connectivity index (χ2n) is 7.87. The van der Waals surface area contributed by atoms with Crippen LogP contribution in [-0.2, 0) is 4.74 Å². The molecule has 1 aromatic heterocycles. The Morgan fingerprint density at radius 1 is 1.26 bits per heavy atom. The standard InChI is InChI=1S/C24H22FN5O5/c1-15-27-23(29-7-9-34-10-8-29)13-24(28-15)35-22-12-17(26-2)4-6-18(22)16-3-5-19(20(25)11-16)21(31)14-30(32)33/h3-6,11-13,21,31H,7-10,14H2,1H3. The molecule has 180 valence electrons. The lowest BCUT2D eigenvalue weighted by molar-refractivity contribution is -0.491. The maximum absolute atomic E-state index is 14.7. The van der Waals surface area contributed by atoms with Crippen molar-refractivity contribution in [3.05, 3.63) is 81.2 Å². The van der Waals surface area contributed by atoms with Crippen LogP contribution in [0.3, 0.4) is 0 Å². The monoisotopic (exact) mass is 479 g/mol. The van der Waals surface area contributed by atoms with Crippen LogP contribution in [-0.4, -0.2) is 52.8 Å². The number of hydrogen-bond donors (Lipinski definition) is 1. The van der Waals surface area contributed by atoms with Crippen molar-refractivity contribution in [2.45, 2.75) is 13.0 Å². The van der Waals surface area contributed by atoms with Crippen molar-refractivity contribution in [1.29, 1.82) is 0 Å². The van der Waals surface area contributed by atoms with E-state index in [4.69, 9.17) is 16.0 Å². The predicted octanol–water partition coefficient (Wildman–Crippen LogP) is 4.08. The third-order valence-corrected chi connectivity index (χ3v) is 5.44. The molecule has 0 radical (unpaired) electrons. The van der Waals surface area contributed by atoms with Crippen LogP contribution in [0, 0.1) is 29.4 Å². The fourth-order valence-electron chi connectivity index (χ4n) is 3.75. The average molecular weight is 479 g/mol. The Morgan fingerprint density at radius 2 is 2.03 bits per heavy atom. The van der Waals surface area contributed by atoms with Gasteiger partial charge in [-0.2, -0.15) is 4.98 Å². The zero-order valence-electron chi connectivity index (χ0n) is 18.8. The molecule has 0 aliphatic carbocycles. The van der Waals surface area contributed by atoms with Crippen molar-refractivity contribution in [1.82, 2.24) is 9.97 Å². The van der Waals surface area contributed by atoms with Gasteiger partial charge >= 0.3 is 0 Å². The van der Waals surface area contributed by atoms with Crippen LogP contribution in [0.4, 0.5) is 15.9 Å². The molecule has 1 fully saturated rings. The number of aliphatic hydroxyl groups excluding tert-OH is 1. The quantitative estimate of drug-likeness (QED) is 0.306. The summed E-state index contributed by atoms with van der Waals surface area (Å²) in [4.78, 5) is 24.3. The van der Waals surface area contributed by atoms with Crippen molar-refractivity contribution in [3.8, 4) is 22.8 Å². The number of morpholine rings is 1. The van der Waals surface area contributed by atoms with Gasteiger partial charge in [0.1, 0.15) is 29.3 Å². The number of hydrogen-bond acceptors (Lipinski definition) is 8. The van der Waals surface area contributed by atoms with Gasteiger partial charge in [-0.1, -0.05) is 24.3 Å². The summed E-state index contributed by atoms with van der Waals surface area (Å²) in [6.07, 6.45) is -1.57. The van der Waals surface area contributed by atoms with E-state index in [0.29, 0.717) is 54.8 Å². The molecule has 1 atom stereocenters. The summed E-state index contributed by atoms with van der Waals surface area (Å²) in [7, 11) is 0. The molecular formula is C24H22FN5O5. The number of nitro groups is 1. The molecular weight excluding hydrogens is 457 g/mol. The van der Waals surface area contributed by atoms with Crippen LogP contribution in [0.15, 0.2) is 42.5 Å². The number of nitrogens with zero attached hydrogens (tertiary/aromatic N) is 5. The average Bonchev–Trinajstić information content (AvgIpc) is 2.83. The molecule has 1 aliphatic rings. The van der Waals surface area contributed by atoms with Gasteiger partial charge in [0.2, 0.25) is 12.4 Å². The van der Waals surface area contributed by atoms with Crippen molar-refractivity contribution in [2.75, 3.05) is 37.7 Å². The Morgan fingerprint density at radius 3 is 2.71 bits per heavy atom. The number of benzene rings is 2. The molecule has 3 aromatic rings. The zero-order valence-corrected chi connectivity index (χ0v) is 18.8. The second kappa shape index (κ2) is 10.4. The van der Waals surface area contributed by atoms with Crippen LogP contribution in [0.1, 0.15) is 17.5 Å². The SMILES string of the molecule is [C-]#[N+]c1ccc(-c2ccc(C(O)C[N+](=O)[O-])c(F)c2)c(Oc2cc(N3CCOCC3)nc(C)n2)c1. The van der Waals surface area contributed by atoms with Gasteiger partial charge < -0.3 is 19.5 Å². The van der Waals surface area contributed by atoms with Gasteiger partial charge in [-0.3, -0.25) is 10.1 Å². The van der Waals surface area contributed by atoms with E-state index >= 15 is 0 Å². The predicted molar refractivity (Wildman–Crippen MR) is 125 cm³/mol. The molecule has 1 unspecified atom stereocenters. The molecule has 11 heteroatoms. The minimum Gasteiger partial charge on any atom is -0.440 e. The van der Waals surface area contributed by atoms with Gasteiger partial charge in [-0.25, -0.2) is 14.2 Å². The summed E-state index contributed by atoms with van der Waals surface area (Å²) in [6, 6.07) is 10.4. The van der Waals surface area contributed by atoms with E-state index in [1.807, 2.05) is 0 Å². The highest BCUT2D eigenvalue weighted by Gasteiger charge is 2.20. The van der Waals surface area contributed by atoms with Crippen molar-refractivity contribution in [3.63, 3.8) is 0 Å². The first-order valence-corrected chi connectivity index (χ1v) is 10.8. The number of aryl methyl sites for hydroxylation is 1. The number of aromatic nitrogens is 2. The van der Waals surface area contributed by atoms with Gasteiger partial charge in [0, 0.05) is 35.2 Å². The summed E-state index contributed by atoms with van der Waals surface area (Å²) in [5, 5.41) is 20.6. The van der Waals surface area contributed by atoms with Crippen molar-refractivity contribution in [2.24, 2.45) is 0 Å². The van der Waals surface area contributed by atoms with E-state index in [2.05, 4.69) is 19.7 Å². The molecule has 10 nitrogen and oxygen atoms in total. The van der Waals surface area contributed by atoms with E-state index < -0.39 is 23.4 Å². The highest BCUT2D eigenvalue weighted by molar-refractivity contribution is 5.74. The first-order valence-electron chi connectivity index (χ1n) is 10.8. The number of anilines is 1. The maximum Gasteiger partial charge on any atom is 0.233 e. The van der Waals surface area contributed by atoms with E-state index in [9.17, 15) is 19.6 Å². The van der Waals surface area contributed by atoms with Gasteiger partial charge in [0.25, 0.3) is 0 Å². The second-order valence-corrected chi connectivity index (χ2v) is 7.87. The zero-order chi connectivity index (χ0) is 24.9. The highest BCUT2D eigenvalue weighted by atomic mass is 19.1. The summed E-state index contributed by atoms with van der Waals surface area (Å²) >= 11 is 0. The van der Waals surface area contributed by atoms with E-state index in [0.717, 1.165) is 0 Å². The molecule has 0 saturated carbocycles. The molecule has 35 heavy (non-hydrogen) atoms. The van der Waals surface area contributed by atoms with Crippen LogP contribution in [0.5, 0.6) is 11.6 Å². The van der Waals surface area contributed by atoms with Crippen LogP contribution >= 0.6 is 0 Å². The molecule has 2 heterocycles. The van der Waals surface area contributed by atoms with Crippen molar-refractivity contribution >= 4 is 11.5 Å². The molecule has 0 spiro atoms. The summed E-state index contributed by atoms with van der Waals surface area (Å²) in [5.74, 6) is 0.948. The third kappa shape index (κ3) is 5.68. The fourth-order valence-corrected chi connectivity index (χ4v) is 3.75. The highest BCUT2D eigenvalue weighted by Crippen LogP contribution is 2.37. The molecule has 4 rings (SSSR count). The van der Waals surface area contributed by atoms with E-state index in [1.54, 1.807) is 25.1 Å². The Hall–Kier alpha value is -4.14. The van der Waals surface area contributed by atoms with Crippen molar-refractivity contribution < 1.29 is 23.9 Å². The molecule has 2 aromatic carbocycles. The van der Waals surface area contributed by atoms with Gasteiger partial charge in [0.05, 0.1) is 19.8 Å². The minimum absolute atomic E-state index is 0.174. The number of aliphatic hydroxyl groups is 1. The largest absolute Gasteiger partial charge is 0.440 e. The molecule has 0 bridgehead atoms. The molecule has 0 amide bonds. The lowest BCUT2D eigenvalue weighted by atomic mass is 10.00. The first kappa shape index (κ1) is 24.0. The van der Waals surface area contributed by atoms with E-state index in [-0.39, 0.29) is 17.2 Å². The summed E-state index contributed by atoms with van der Waals surface area (Å²) in [5.41, 5.74) is 1.04.